The third-order valence-electron chi connectivity index (χ3n) is 6.14. The van der Waals surface area contributed by atoms with Gasteiger partial charge in [-0.05, 0) is 42.7 Å². The monoisotopic (exact) mass is 451 g/mol. The van der Waals surface area contributed by atoms with E-state index >= 15 is 0 Å². The SMILES string of the molecule is CNc1nc2[nH]c(-c3cc(F)cc(CNC(=O)N4CCC(O)CC4)c3)cc2c2c1ncn2C. The predicted octanol–water partition coefficient (Wildman–Crippen LogP) is 2.96. The second kappa shape index (κ2) is 8.36. The highest BCUT2D eigenvalue weighted by molar-refractivity contribution is 6.07. The summed E-state index contributed by atoms with van der Waals surface area (Å²) in [6, 6.07) is 6.47. The van der Waals surface area contributed by atoms with Gasteiger partial charge in [0, 0.05) is 50.4 Å². The molecule has 4 aromatic rings. The minimum absolute atomic E-state index is 0.205. The normalized spacial score (nSPS) is 14.8. The van der Waals surface area contributed by atoms with Crippen molar-refractivity contribution < 1.29 is 14.3 Å². The quantitative estimate of drug-likeness (QED) is 0.381. The molecule has 3 aromatic heterocycles. The molecule has 0 atom stereocenters. The van der Waals surface area contributed by atoms with Crippen molar-refractivity contribution in [2.45, 2.75) is 25.5 Å². The first-order valence-electron chi connectivity index (χ1n) is 10.9. The third-order valence-corrected chi connectivity index (χ3v) is 6.14. The lowest BCUT2D eigenvalue weighted by molar-refractivity contribution is 0.0936. The van der Waals surface area contributed by atoms with Gasteiger partial charge in [0.15, 0.2) is 5.82 Å². The number of benzene rings is 1. The Balaban J connectivity index is 1.42. The van der Waals surface area contributed by atoms with Gasteiger partial charge in [0.05, 0.1) is 17.9 Å². The second-order valence-electron chi connectivity index (χ2n) is 8.43. The largest absolute Gasteiger partial charge is 0.393 e. The van der Waals surface area contributed by atoms with E-state index in [4.69, 9.17) is 0 Å². The summed E-state index contributed by atoms with van der Waals surface area (Å²) < 4.78 is 16.4. The van der Waals surface area contributed by atoms with Crippen LogP contribution >= 0.6 is 0 Å². The number of H-pyrrole nitrogens is 1. The molecular weight excluding hydrogens is 425 g/mol. The van der Waals surface area contributed by atoms with Gasteiger partial charge in [0.1, 0.15) is 17.0 Å². The standard InChI is InChI=1S/C23H26FN7O2/c1-25-22-19-20(30(2)12-27-19)17-10-18(28-21(17)29-22)14-7-13(8-15(24)9-14)11-26-23(33)31-5-3-16(32)4-6-31/h7-10,12,16,32H,3-6,11H2,1-2H3,(H,26,33)(H2,25,28,29). The minimum atomic E-state index is -0.383. The number of anilines is 1. The minimum Gasteiger partial charge on any atom is -0.393 e. The van der Waals surface area contributed by atoms with Gasteiger partial charge in [-0.1, -0.05) is 0 Å². The molecule has 0 unspecified atom stereocenters. The van der Waals surface area contributed by atoms with Crippen LogP contribution in [0.5, 0.6) is 0 Å². The van der Waals surface area contributed by atoms with Crippen molar-refractivity contribution in [1.29, 1.82) is 0 Å². The van der Waals surface area contributed by atoms with Crippen LogP contribution in [-0.4, -0.2) is 61.8 Å². The number of amides is 2. The molecule has 0 bridgehead atoms. The fourth-order valence-electron chi connectivity index (χ4n) is 4.39. The van der Waals surface area contributed by atoms with Crippen molar-refractivity contribution >= 4 is 33.9 Å². The van der Waals surface area contributed by atoms with Crippen LogP contribution in [0.4, 0.5) is 15.0 Å². The molecule has 1 aliphatic heterocycles. The number of fused-ring (bicyclic) bond motifs is 3. The van der Waals surface area contributed by atoms with Crippen molar-refractivity contribution in [2.24, 2.45) is 7.05 Å². The maximum Gasteiger partial charge on any atom is 0.317 e. The fourth-order valence-corrected chi connectivity index (χ4v) is 4.39. The maximum atomic E-state index is 14.5. The summed E-state index contributed by atoms with van der Waals surface area (Å²) in [4.78, 5) is 26.5. The summed E-state index contributed by atoms with van der Waals surface area (Å²) in [5.74, 6) is 0.283. The van der Waals surface area contributed by atoms with E-state index < -0.39 is 0 Å². The summed E-state index contributed by atoms with van der Waals surface area (Å²) >= 11 is 0. The first-order valence-corrected chi connectivity index (χ1v) is 10.9. The number of carbonyl (C=O) groups excluding carboxylic acids is 1. The van der Waals surface area contributed by atoms with Gasteiger partial charge in [0.2, 0.25) is 0 Å². The number of nitrogens with one attached hydrogen (secondary N) is 3. The first kappa shape index (κ1) is 21.2. The molecule has 4 heterocycles. The lowest BCUT2D eigenvalue weighted by Gasteiger charge is -2.29. The Morgan fingerprint density at radius 1 is 1.27 bits per heavy atom. The topological polar surface area (TPSA) is 111 Å². The average molecular weight is 452 g/mol. The molecule has 4 N–H and O–H groups in total. The van der Waals surface area contributed by atoms with Gasteiger partial charge in [0.25, 0.3) is 0 Å². The van der Waals surface area contributed by atoms with Crippen LogP contribution in [0.3, 0.4) is 0 Å². The van der Waals surface area contributed by atoms with E-state index in [9.17, 15) is 14.3 Å². The molecule has 1 aromatic carbocycles. The number of hydrogen-bond donors (Lipinski definition) is 4. The van der Waals surface area contributed by atoms with Gasteiger partial charge >= 0.3 is 6.03 Å². The number of aliphatic hydroxyl groups excluding tert-OH is 1. The molecule has 0 radical (unpaired) electrons. The zero-order valence-electron chi connectivity index (χ0n) is 18.5. The number of aliphatic hydroxyl groups is 1. The van der Waals surface area contributed by atoms with E-state index in [1.54, 1.807) is 18.3 Å². The highest BCUT2D eigenvalue weighted by Crippen LogP contribution is 2.32. The summed E-state index contributed by atoms with van der Waals surface area (Å²) in [5, 5.41) is 16.4. The van der Waals surface area contributed by atoms with E-state index in [1.807, 2.05) is 23.7 Å². The fraction of sp³-hybridized carbons (Fsp3) is 0.348. The average Bonchev–Trinajstić information content (AvgIpc) is 3.40. The van der Waals surface area contributed by atoms with Gasteiger partial charge < -0.3 is 30.2 Å². The Kier molecular flexibility index (Phi) is 5.37. The van der Waals surface area contributed by atoms with E-state index in [2.05, 4.69) is 25.6 Å². The van der Waals surface area contributed by atoms with Gasteiger partial charge in [-0.15, -0.1) is 0 Å². The van der Waals surface area contributed by atoms with Crippen molar-refractivity contribution in [3.05, 3.63) is 42.0 Å². The van der Waals surface area contributed by atoms with Crippen LogP contribution in [0.2, 0.25) is 0 Å². The number of hydrogen-bond acceptors (Lipinski definition) is 5. The van der Waals surface area contributed by atoms with Gasteiger partial charge in [-0.2, -0.15) is 0 Å². The van der Waals surface area contributed by atoms with E-state index in [0.29, 0.717) is 48.5 Å². The number of aromatic nitrogens is 4. The summed E-state index contributed by atoms with van der Waals surface area (Å²) in [5.41, 5.74) is 4.43. The molecule has 33 heavy (non-hydrogen) atoms. The number of likely N-dealkylation sites (tertiary alicyclic amines) is 1. The Morgan fingerprint density at radius 2 is 2.06 bits per heavy atom. The molecule has 1 fully saturated rings. The number of aromatic amines is 1. The number of aryl methyl sites for hydroxylation is 1. The molecule has 1 aliphatic rings. The number of imidazole rings is 1. The highest BCUT2D eigenvalue weighted by Gasteiger charge is 2.21. The van der Waals surface area contributed by atoms with Crippen LogP contribution in [0.15, 0.2) is 30.6 Å². The van der Waals surface area contributed by atoms with Gasteiger partial charge in [-0.25, -0.2) is 19.2 Å². The van der Waals surface area contributed by atoms with Crippen LogP contribution < -0.4 is 10.6 Å². The van der Waals surface area contributed by atoms with Crippen LogP contribution in [0.1, 0.15) is 18.4 Å². The Hall–Kier alpha value is -3.66. The van der Waals surface area contributed by atoms with Gasteiger partial charge in [-0.3, -0.25) is 0 Å². The van der Waals surface area contributed by atoms with Crippen molar-refractivity contribution in [3.63, 3.8) is 0 Å². The van der Waals surface area contributed by atoms with E-state index in [0.717, 1.165) is 22.1 Å². The number of rotatable bonds is 4. The molecular formula is C23H26FN7O2. The highest BCUT2D eigenvalue weighted by atomic mass is 19.1. The zero-order valence-corrected chi connectivity index (χ0v) is 18.5. The molecule has 0 spiro atoms. The second-order valence-corrected chi connectivity index (χ2v) is 8.43. The number of piperidine rings is 1. The number of halogens is 1. The van der Waals surface area contributed by atoms with Crippen LogP contribution in [-0.2, 0) is 13.6 Å². The lowest BCUT2D eigenvalue weighted by atomic mass is 10.1. The molecule has 10 heteroatoms. The van der Waals surface area contributed by atoms with E-state index in [1.165, 1.54) is 12.1 Å². The van der Waals surface area contributed by atoms with Crippen molar-refractivity contribution in [2.75, 3.05) is 25.5 Å². The maximum absolute atomic E-state index is 14.5. The first-order chi connectivity index (χ1) is 15.9. The lowest BCUT2D eigenvalue weighted by Crippen LogP contribution is -2.45. The Morgan fingerprint density at radius 3 is 2.82 bits per heavy atom. The smallest absolute Gasteiger partial charge is 0.317 e. The van der Waals surface area contributed by atoms with Crippen molar-refractivity contribution in [3.8, 4) is 11.3 Å². The molecule has 9 nitrogen and oxygen atoms in total. The third kappa shape index (κ3) is 3.97. The molecule has 5 rings (SSSR count). The number of urea groups is 1. The molecule has 1 saturated heterocycles. The Bertz CT molecular complexity index is 1340. The van der Waals surface area contributed by atoms with E-state index in [-0.39, 0.29) is 24.5 Å². The molecule has 0 saturated carbocycles. The molecule has 0 aliphatic carbocycles. The zero-order chi connectivity index (χ0) is 23.1. The Labute approximate surface area is 189 Å². The summed E-state index contributed by atoms with van der Waals surface area (Å²) in [7, 11) is 3.72. The van der Waals surface area contributed by atoms with Crippen LogP contribution in [0.25, 0.3) is 33.3 Å². The number of pyridine rings is 1. The number of carbonyl (C=O) groups is 1. The predicted molar refractivity (Wildman–Crippen MR) is 124 cm³/mol. The molecule has 172 valence electrons. The van der Waals surface area contributed by atoms with Crippen molar-refractivity contribution in [1.82, 2.24) is 29.7 Å². The summed E-state index contributed by atoms with van der Waals surface area (Å²) in [6.07, 6.45) is 2.55. The number of nitrogens with zero attached hydrogens (tertiary/aromatic N) is 4. The summed E-state index contributed by atoms with van der Waals surface area (Å²) in [6.45, 7) is 1.23. The van der Waals surface area contributed by atoms with Crippen LogP contribution in [0, 0.1) is 5.82 Å². The molecule has 2 amide bonds.